The Hall–Kier alpha value is -3.06. The minimum Gasteiger partial charge on any atom is -0.486 e. The van der Waals surface area contributed by atoms with E-state index in [-0.39, 0.29) is 18.6 Å². The smallest absolute Gasteiger partial charge is 0.319 e. The highest BCUT2D eigenvalue weighted by Gasteiger charge is 2.20. The van der Waals surface area contributed by atoms with E-state index in [9.17, 15) is 9.59 Å². The monoisotopic (exact) mass is 398 g/mol. The van der Waals surface area contributed by atoms with Crippen LogP contribution in [-0.2, 0) is 16.0 Å². The second-order valence-electron chi connectivity index (χ2n) is 7.02. The molecule has 154 valence electrons. The summed E-state index contributed by atoms with van der Waals surface area (Å²) in [7, 11) is 0. The maximum Gasteiger partial charge on any atom is 0.319 e. The maximum absolute atomic E-state index is 12.6. The van der Waals surface area contributed by atoms with Gasteiger partial charge in [-0.05, 0) is 30.5 Å². The summed E-state index contributed by atoms with van der Waals surface area (Å²) in [5.41, 5.74) is 1.60. The van der Waals surface area contributed by atoms with E-state index in [1.54, 1.807) is 12.1 Å². The van der Waals surface area contributed by atoms with Crippen LogP contribution in [0.15, 0.2) is 54.6 Å². The third-order valence-electron chi connectivity index (χ3n) is 4.68. The van der Waals surface area contributed by atoms with Gasteiger partial charge < -0.3 is 25.2 Å². The van der Waals surface area contributed by atoms with Crippen molar-refractivity contribution in [2.75, 3.05) is 18.5 Å². The van der Waals surface area contributed by atoms with Gasteiger partial charge in [0, 0.05) is 18.9 Å². The van der Waals surface area contributed by atoms with E-state index in [2.05, 4.69) is 10.6 Å². The van der Waals surface area contributed by atoms with Gasteiger partial charge in [0.05, 0.1) is 18.9 Å². The average molecular weight is 398 g/mol. The van der Waals surface area contributed by atoms with Crippen molar-refractivity contribution in [3.63, 3.8) is 0 Å². The quantitative estimate of drug-likeness (QED) is 0.601. The molecule has 1 aliphatic heterocycles. The molecule has 2 unspecified atom stereocenters. The fourth-order valence-corrected chi connectivity index (χ4v) is 3.22. The molecular weight excluding hydrogens is 372 g/mol. The van der Waals surface area contributed by atoms with Gasteiger partial charge in [0.2, 0.25) is 0 Å². The number of carbonyl (C=O) groups excluding carboxylic acids is 1. The van der Waals surface area contributed by atoms with Crippen molar-refractivity contribution in [1.29, 1.82) is 0 Å². The number of hydrogen-bond acceptors (Lipinski definition) is 4. The van der Waals surface area contributed by atoms with Crippen LogP contribution in [0.4, 0.5) is 10.5 Å². The first-order valence-corrected chi connectivity index (χ1v) is 9.77. The van der Waals surface area contributed by atoms with Crippen molar-refractivity contribution in [2.24, 2.45) is 0 Å². The first kappa shape index (κ1) is 20.7. The van der Waals surface area contributed by atoms with Crippen LogP contribution in [0.5, 0.6) is 5.75 Å². The first-order valence-electron chi connectivity index (χ1n) is 9.77. The van der Waals surface area contributed by atoms with E-state index in [0.29, 0.717) is 37.5 Å². The minimum atomic E-state index is -0.886. The number of ether oxygens (including phenoxy) is 2. The Morgan fingerprint density at radius 2 is 1.90 bits per heavy atom. The Morgan fingerprint density at radius 1 is 1.14 bits per heavy atom. The van der Waals surface area contributed by atoms with Crippen molar-refractivity contribution in [1.82, 2.24) is 5.32 Å². The zero-order valence-electron chi connectivity index (χ0n) is 16.2. The summed E-state index contributed by atoms with van der Waals surface area (Å²) in [5.74, 6) is -0.300. The summed E-state index contributed by atoms with van der Waals surface area (Å²) >= 11 is 0. The number of hydrogen-bond donors (Lipinski definition) is 3. The number of nitrogens with one attached hydrogen (secondary N) is 2. The van der Waals surface area contributed by atoms with E-state index in [0.717, 1.165) is 12.0 Å². The molecule has 0 saturated carbocycles. The van der Waals surface area contributed by atoms with Crippen molar-refractivity contribution in [3.8, 4) is 5.75 Å². The van der Waals surface area contributed by atoms with E-state index in [1.165, 1.54) is 0 Å². The molecule has 1 fully saturated rings. The Morgan fingerprint density at radius 3 is 2.62 bits per heavy atom. The maximum atomic E-state index is 12.6. The minimum absolute atomic E-state index is 0.0147. The molecule has 7 nitrogen and oxygen atoms in total. The molecule has 1 aliphatic rings. The van der Waals surface area contributed by atoms with Crippen LogP contribution >= 0.6 is 0 Å². The van der Waals surface area contributed by atoms with E-state index >= 15 is 0 Å². The number of anilines is 1. The standard InChI is InChI=1S/C22H26N2O5/c25-21(26)11-10-17(14-16-6-2-1-3-7-16)23-22(27)24-19-8-4-5-9-20(19)29-18-12-13-28-15-18/h1-9,17-18H,10-15H2,(H,25,26)(H2,23,24,27). The van der Waals surface area contributed by atoms with E-state index in [1.807, 2.05) is 42.5 Å². The number of carboxylic acid groups (broad SMARTS) is 1. The van der Waals surface area contributed by atoms with Crippen LogP contribution in [0, 0.1) is 0 Å². The zero-order valence-corrected chi connectivity index (χ0v) is 16.2. The number of benzene rings is 2. The molecule has 3 rings (SSSR count). The number of rotatable bonds is 9. The molecule has 2 amide bonds. The number of para-hydroxylation sites is 2. The molecule has 1 saturated heterocycles. The lowest BCUT2D eigenvalue weighted by Crippen LogP contribution is -2.39. The van der Waals surface area contributed by atoms with Gasteiger partial charge >= 0.3 is 12.0 Å². The second kappa shape index (κ2) is 10.5. The summed E-state index contributed by atoms with van der Waals surface area (Å²) in [6.07, 6.45) is 1.67. The first-order chi connectivity index (χ1) is 14.1. The molecule has 3 N–H and O–H groups in total. The highest BCUT2D eigenvalue weighted by atomic mass is 16.5. The van der Waals surface area contributed by atoms with Gasteiger partial charge in [0.25, 0.3) is 0 Å². The third-order valence-corrected chi connectivity index (χ3v) is 4.68. The summed E-state index contributed by atoms with van der Waals surface area (Å²) in [6.45, 7) is 1.21. The van der Waals surface area contributed by atoms with E-state index < -0.39 is 12.0 Å². The van der Waals surface area contributed by atoms with Crippen molar-refractivity contribution in [3.05, 3.63) is 60.2 Å². The fourth-order valence-electron chi connectivity index (χ4n) is 3.22. The molecule has 1 heterocycles. The van der Waals surface area contributed by atoms with Crippen LogP contribution in [0.25, 0.3) is 0 Å². The molecule has 0 aromatic heterocycles. The van der Waals surface area contributed by atoms with Gasteiger partial charge in [-0.15, -0.1) is 0 Å². The fraction of sp³-hybridized carbons (Fsp3) is 0.364. The summed E-state index contributed by atoms with van der Waals surface area (Å²) in [6, 6.07) is 16.2. The molecule has 7 heteroatoms. The van der Waals surface area contributed by atoms with Crippen LogP contribution < -0.4 is 15.4 Å². The molecule has 29 heavy (non-hydrogen) atoms. The number of amides is 2. The summed E-state index contributed by atoms with van der Waals surface area (Å²) in [4.78, 5) is 23.6. The normalized spacial score (nSPS) is 16.8. The Bertz CT molecular complexity index is 806. The molecule has 2 aromatic rings. The number of carbonyl (C=O) groups is 2. The van der Waals surface area contributed by atoms with Crippen LogP contribution in [0.1, 0.15) is 24.8 Å². The topological polar surface area (TPSA) is 96.9 Å². The summed E-state index contributed by atoms with van der Waals surface area (Å²) < 4.78 is 11.3. The lowest BCUT2D eigenvalue weighted by molar-refractivity contribution is -0.137. The lowest BCUT2D eigenvalue weighted by Gasteiger charge is -2.20. The van der Waals surface area contributed by atoms with Crippen LogP contribution in [0.3, 0.4) is 0 Å². The second-order valence-corrected chi connectivity index (χ2v) is 7.02. The molecule has 0 bridgehead atoms. The molecule has 0 radical (unpaired) electrons. The Kier molecular flexibility index (Phi) is 7.47. The van der Waals surface area contributed by atoms with Gasteiger partial charge in [0.15, 0.2) is 0 Å². The van der Waals surface area contributed by atoms with Gasteiger partial charge in [-0.1, -0.05) is 42.5 Å². The van der Waals surface area contributed by atoms with Crippen LogP contribution in [0.2, 0.25) is 0 Å². The lowest BCUT2D eigenvalue weighted by atomic mass is 10.0. The molecule has 0 spiro atoms. The SMILES string of the molecule is O=C(O)CCC(Cc1ccccc1)NC(=O)Nc1ccccc1OC1CCOC1. The average Bonchev–Trinajstić information content (AvgIpc) is 3.21. The third kappa shape index (κ3) is 6.80. The number of aliphatic carboxylic acids is 1. The van der Waals surface area contributed by atoms with Crippen molar-refractivity contribution in [2.45, 2.75) is 37.8 Å². The molecular formula is C22H26N2O5. The highest BCUT2D eigenvalue weighted by molar-refractivity contribution is 5.91. The van der Waals surface area contributed by atoms with Gasteiger partial charge in [0.1, 0.15) is 11.9 Å². The summed E-state index contributed by atoms with van der Waals surface area (Å²) in [5, 5.41) is 14.7. The zero-order chi connectivity index (χ0) is 20.5. The highest BCUT2D eigenvalue weighted by Crippen LogP contribution is 2.26. The molecule has 2 atom stereocenters. The Balaban J connectivity index is 1.62. The predicted octanol–water partition coefficient (Wildman–Crippen LogP) is 3.45. The molecule has 2 aromatic carbocycles. The molecule has 0 aliphatic carbocycles. The Labute approximate surface area is 170 Å². The number of urea groups is 1. The largest absolute Gasteiger partial charge is 0.486 e. The van der Waals surface area contributed by atoms with Gasteiger partial charge in [-0.3, -0.25) is 4.79 Å². The number of carboxylic acids is 1. The van der Waals surface area contributed by atoms with Gasteiger partial charge in [-0.2, -0.15) is 0 Å². The van der Waals surface area contributed by atoms with Crippen molar-refractivity contribution < 1.29 is 24.2 Å². The van der Waals surface area contributed by atoms with E-state index in [4.69, 9.17) is 14.6 Å². The van der Waals surface area contributed by atoms with Crippen molar-refractivity contribution >= 4 is 17.7 Å². The van der Waals surface area contributed by atoms with Gasteiger partial charge in [-0.25, -0.2) is 4.79 Å². The predicted molar refractivity (Wildman–Crippen MR) is 109 cm³/mol. The van der Waals surface area contributed by atoms with Crippen LogP contribution in [-0.4, -0.2) is 42.5 Å².